The molecule has 0 atom stereocenters. The summed E-state index contributed by atoms with van der Waals surface area (Å²) >= 11 is 0. The standard InChI is InChI=1S/C21H22N8O2/c1-22-21(31)18-15(10-17(26-27-18)25-20(30)12-6-7-12)24-14-4-3-5-16-19(14)28(2)11-13-8-9-23-29(13)16/h3-5,8-10,12H,6-7,11H2,1-2H3,(H,22,31)(H2,24,25,26,30)/i1D3,11D2. The zero-order valence-corrected chi connectivity index (χ0v) is 16.5. The van der Waals surface area contributed by atoms with Crippen LogP contribution in [-0.4, -0.2) is 45.8 Å². The van der Waals surface area contributed by atoms with Gasteiger partial charge in [0.05, 0.1) is 37.7 Å². The number of carbonyl (C=O) groups excluding carboxylic acids is 2. The summed E-state index contributed by atoms with van der Waals surface area (Å²) in [5.74, 6) is -1.22. The third-order valence-corrected chi connectivity index (χ3v) is 5.09. The van der Waals surface area contributed by atoms with Crippen LogP contribution in [-0.2, 0) is 11.3 Å². The Morgan fingerprint density at radius 2 is 2.10 bits per heavy atom. The van der Waals surface area contributed by atoms with Gasteiger partial charge in [0.1, 0.15) is 0 Å². The first-order valence-corrected chi connectivity index (χ1v) is 9.65. The maximum absolute atomic E-state index is 12.7. The normalized spacial score (nSPS) is 18.9. The second kappa shape index (κ2) is 7.38. The van der Waals surface area contributed by atoms with Gasteiger partial charge >= 0.3 is 0 Å². The fourth-order valence-electron chi connectivity index (χ4n) is 3.46. The molecule has 0 spiro atoms. The minimum Gasteiger partial charge on any atom is -0.365 e. The fourth-order valence-corrected chi connectivity index (χ4v) is 3.46. The van der Waals surface area contributed by atoms with Gasteiger partial charge in [-0.25, -0.2) is 4.68 Å². The number of amides is 2. The van der Waals surface area contributed by atoms with Gasteiger partial charge in [-0.15, -0.1) is 10.2 Å². The monoisotopic (exact) mass is 423 g/mol. The van der Waals surface area contributed by atoms with E-state index in [1.54, 1.807) is 31.3 Å². The highest BCUT2D eigenvalue weighted by atomic mass is 16.2. The van der Waals surface area contributed by atoms with E-state index in [2.05, 4.69) is 25.9 Å². The van der Waals surface area contributed by atoms with Crippen LogP contribution in [0, 0.1) is 5.92 Å². The van der Waals surface area contributed by atoms with Crippen LogP contribution in [0.2, 0.25) is 0 Å². The van der Waals surface area contributed by atoms with Crippen molar-refractivity contribution in [1.82, 2.24) is 25.3 Å². The highest BCUT2D eigenvalue weighted by molar-refractivity contribution is 6.00. The average Bonchev–Trinajstić information content (AvgIpc) is 3.52. The molecule has 2 aromatic heterocycles. The van der Waals surface area contributed by atoms with Crippen molar-refractivity contribution in [2.45, 2.75) is 19.3 Å². The van der Waals surface area contributed by atoms with Crippen LogP contribution < -0.4 is 20.9 Å². The van der Waals surface area contributed by atoms with Crippen molar-refractivity contribution in [3.05, 3.63) is 47.9 Å². The molecule has 2 amide bonds. The van der Waals surface area contributed by atoms with Gasteiger partial charge in [-0.1, -0.05) is 6.07 Å². The van der Waals surface area contributed by atoms with Crippen LogP contribution in [0.15, 0.2) is 36.5 Å². The summed E-state index contributed by atoms with van der Waals surface area (Å²) in [5.41, 5.74) is 1.55. The molecule has 10 heteroatoms. The van der Waals surface area contributed by atoms with Crippen molar-refractivity contribution >= 4 is 34.7 Å². The lowest BCUT2D eigenvalue weighted by Crippen LogP contribution is -2.27. The van der Waals surface area contributed by atoms with E-state index in [1.165, 1.54) is 21.8 Å². The molecule has 10 nitrogen and oxygen atoms in total. The Bertz CT molecular complexity index is 1370. The Morgan fingerprint density at radius 1 is 1.23 bits per heavy atom. The lowest BCUT2D eigenvalue weighted by atomic mass is 10.1. The van der Waals surface area contributed by atoms with E-state index in [4.69, 9.17) is 6.85 Å². The van der Waals surface area contributed by atoms with Gasteiger partial charge in [0.15, 0.2) is 11.5 Å². The predicted molar refractivity (Wildman–Crippen MR) is 116 cm³/mol. The number of carbonyl (C=O) groups is 2. The quantitative estimate of drug-likeness (QED) is 0.575. The van der Waals surface area contributed by atoms with E-state index >= 15 is 0 Å². The molecular formula is C21H22N8O2. The molecule has 5 rings (SSSR count). The van der Waals surface area contributed by atoms with Crippen molar-refractivity contribution in [2.24, 2.45) is 5.92 Å². The molecular weight excluding hydrogens is 396 g/mol. The summed E-state index contributed by atoms with van der Waals surface area (Å²) in [4.78, 5) is 26.4. The number of para-hydroxylation sites is 1. The predicted octanol–water partition coefficient (Wildman–Crippen LogP) is 2.06. The maximum atomic E-state index is 12.7. The number of fused-ring (bicyclic) bond motifs is 3. The molecule has 0 saturated heterocycles. The first-order valence-electron chi connectivity index (χ1n) is 12.2. The molecule has 0 bridgehead atoms. The van der Waals surface area contributed by atoms with E-state index in [0.29, 0.717) is 22.8 Å². The molecule has 1 aromatic carbocycles. The first-order chi connectivity index (χ1) is 17.0. The highest BCUT2D eigenvalue weighted by Gasteiger charge is 2.30. The molecule has 0 unspecified atom stereocenters. The van der Waals surface area contributed by atoms with E-state index in [9.17, 15) is 9.59 Å². The molecule has 158 valence electrons. The minimum atomic E-state index is -2.76. The summed E-state index contributed by atoms with van der Waals surface area (Å²) < 4.78 is 40.8. The van der Waals surface area contributed by atoms with Crippen molar-refractivity contribution in [1.29, 1.82) is 0 Å². The van der Waals surface area contributed by atoms with Gasteiger partial charge in [0, 0.05) is 36.3 Å². The van der Waals surface area contributed by atoms with Gasteiger partial charge in [0.2, 0.25) is 5.91 Å². The largest absolute Gasteiger partial charge is 0.365 e. The van der Waals surface area contributed by atoms with Gasteiger partial charge in [-0.3, -0.25) is 9.59 Å². The van der Waals surface area contributed by atoms with E-state index in [0.717, 1.165) is 12.8 Å². The number of aromatic nitrogens is 4. The topological polar surface area (TPSA) is 117 Å². The Morgan fingerprint density at radius 3 is 2.90 bits per heavy atom. The van der Waals surface area contributed by atoms with Crippen molar-refractivity contribution in [2.75, 3.05) is 29.6 Å². The van der Waals surface area contributed by atoms with Gasteiger partial charge in [-0.05, 0) is 31.0 Å². The van der Waals surface area contributed by atoms with E-state index in [1.807, 2.05) is 5.32 Å². The van der Waals surface area contributed by atoms with Crippen LogP contribution >= 0.6 is 0 Å². The number of hydrogen-bond donors (Lipinski definition) is 3. The second-order valence-corrected chi connectivity index (χ2v) is 7.31. The number of nitrogens with one attached hydrogen (secondary N) is 3. The third kappa shape index (κ3) is 3.45. The van der Waals surface area contributed by atoms with Crippen molar-refractivity contribution in [3.8, 4) is 5.69 Å². The minimum absolute atomic E-state index is 0.0754. The van der Waals surface area contributed by atoms with Crippen molar-refractivity contribution < 1.29 is 16.4 Å². The number of hydrogen-bond acceptors (Lipinski definition) is 7. The summed E-state index contributed by atoms with van der Waals surface area (Å²) in [6, 6.07) is 8.16. The highest BCUT2D eigenvalue weighted by Crippen LogP contribution is 2.38. The first kappa shape index (κ1) is 14.1. The summed E-state index contributed by atoms with van der Waals surface area (Å²) in [7, 11) is 1.59. The van der Waals surface area contributed by atoms with E-state index < -0.39 is 19.4 Å². The molecule has 31 heavy (non-hydrogen) atoms. The van der Waals surface area contributed by atoms with Gasteiger partial charge in [0.25, 0.3) is 5.91 Å². The smallest absolute Gasteiger partial charge is 0.273 e. The number of nitrogens with zero attached hydrogens (tertiary/aromatic N) is 5. The molecule has 0 radical (unpaired) electrons. The zero-order chi connectivity index (χ0) is 25.8. The van der Waals surface area contributed by atoms with Gasteiger partial charge < -0.3 is 20.9 Å². The number of anilines is 4. The summed E-state index contributed by atoms with van der Waals surface area (Å²) in [5, 5.41) is 19.6. The lowest BCUT2D eigenvalue weighted by molar-refractivity contribution is -0.117. The maximum Gasteiger partial charge on any atom is 0.273 e. The molecule has 1 fully saturated rings. The van der Waals surface area contributed by atoms with Crippen LogP contribution in [0.3, 0.4) is 0 Å². The summed E-state index contributed by atoms with van der Waals surface area (Å²) in [6.07, 6.45) is 3.07. The third-order valence-electron chi connectivity index (χ3n) is 5.09. The number of rotatable bonds is 5. The van der Waals surface area contributed by atoms with Gasteiger partial charge in [-0.2, -0.15) is 5.10 Å². The fraction of sp³-hybridized carbons (Fsp3) is 0.286. The van der Waals surface area contributed by atoms with Crippen molar-refractivity contribution in [3.63, 3.8) is 0 Å². The molecule has 3 N–H and O–H groups in total. The lowest BCUT2D eigenvalue weighted by Gasteiger charge is -2.30. The Labute approximate surface area is 185 Å². The zero-order valence-electron chi connectivity index (χ0n) is 21.5. The van der Waals surface area contributed by atoms with Crippen LogP contribution in [0.4, 0.5) is 22.9 Å². The van der Waals surface area contributed by atoms with Crippen LogP contribution in [0.5, 0.6) is 0 Å². The number of benzene rings is 1. The molecule has 1 saturated carbocycles. The van der Waals surface area contributed by atoms with Crippen LogP contribution in [0.1, 0.15) is 35.9 Å². The molecule has 1 aliphatic carbocycles. The molecule has 2 aliphatic rings. The second-order valence-electron chi connectivity index (χ2n) is 7.31. The average molecular weight is 423 g/mol. The Hall–Kier alpha value is -3.95. The Kier molecular flexibility index (Phi) is 3.36. The Balaban J connectivity index is 1.58. The van der Waals surface area contributed by atoms with Crippen LogP contribution in [0.25, 0.3) is 5.69 Å². The SMILES string of the molecule is [2H]C([2H])([2H])NC(=O)c1nnc(NC(=O)C2CC2)cc1Nc1cccc2c1N(C)C([2H])([2H])c1ccnn1-2. The molecule has 1 aliphatic heterocycles. The molecule has 3 aromatic rings. The summed E-state index contributed by atoms with van der Waals surface area (Å²) in [6.45, 7) is -4.66. The van der Waals surface area contributed by atoms with E-state index in [-0.39, 0.29) is 29.0 Å². The molecule has 3 heterocycles.